The Hall–Kier alpha value is -2.82. The molecule has 0 bridgehead atoms. The Morgan fingerprint density at radius 2 is 1.57 bits per heavy atom. The van der Waals surface area contributed by atoms with E-state index < -0.39 is 0 Å². The Kier molecular flexibility index (Phi) is 8.53. The number of carbonyl (C=O) groups excluding carboxylic acids is 2. The summed E-state index contributed by atoms with van der Waals surface area (Å²) in [6.07, 6.45) is 4.68. The van der Waals surface area contributed by atoms with Crippen molar-refractivity contribution >= 4 is 11.8 Å². The second-order valence-corrected chi connectivity index (χ2v) is 6.87. The van der Waals surface area contributed by atoms with Crippen molar-refractivity contribution in [3.63, 3.8) is 0 Å². The van der Waals surface area contributed by atoms with Crippen LogP contribution in [0, 0.1) is 0 Å². The van der Waals surface area contributed by atoms with Gasteiger partial charge in [0.15, 0.2) is 0 Å². The van der Waals surface area contributed by atoms with Crippen LogP contribution < -0.4 is 10.1 Å². The summed E-state index contributed by atoms with van der Waals surface area (Å²) in [7, 11) is 3.37. The lowest BCUT2D eigenvalue weighted by Crippen LogP contribution is -2.26. The zero-order chi connectivity index (χ0) is 20.4. The predicted octanol–water partition coefficient (Wildman–Crippen LogP) is 4.28. The van der Waals surface area contributed by atoms with Crippen LogP contribution in [0.4, 0.5) is 0 Å². The summed E-state index contributed by atoms with van der Waals surface area (Å²) < 4.78 is 5.73. The van der Waals surface area contributed by atoms with Gasteiger partial charge in [0.1, 0.15) is 5.75 Å². The van der Waals surface area contributed by atoms with E-state index in [-0.39, 0.29) is 11.8 Å². The molecule has 0 spiro atoms. The quantitative estimate of drug-likeness (QED) is 0.624. The van der Waals surface area contributed by atoms with Gasteiger partial charge in [-0.3, -0.25) is 9.59 Å². The largest absolute Gasteiger partial charge is 0.494 e. The van der Waals surface area contributed by atoms with Crippen LogP contribution in [0.15, 0.2) is 48.5 Å². The maximum absolute atomic E-state index is 12.6. The third kappa shape index (κ3) is 6.41. The molecule has 0 aromatic heterocycles. The van der Waals surface area contributed by atoms with Gasteiger partial charge in [0.2, 0.25) is 0 Å². The molecule has 0 fully saturated rings. The van der Waals surface area contributed by atoms with Gasteiger partial charge in [-0.05, 0) is 48.4 Å². The van der Waals surface area contributed by atoms with Crippen molar-refractivity contribution in [1.82, 2.24) is 10.2 Å². The number of benzene rings is 2. The highest BCUT2D eigenvalue weighted by atomic mass is 16.5. The van der Waals surface area contributed by atoms with Gasteiger partial charge in [-0.1, -0.05) is 38.3 Å². The second kappa shape index (κ2) is 11.1. The highest BCUT2D eigenvalue weighted by molar-refractivity contribution is 5.94. The van der Waals surface area contributed by atoms with E-state index in [0.29, 0.717) is 24.3 Å². The van der Waals surface area contributed by atoms with Crippen LogP contribution in [0.3, 0.4) is 0 Å². The zero-order valence-electron chi connectivity index (χ0n) is 17.0. The average Bonchev–Trinajstić information content (AvgIpc) is 2.73. The van der Waals surface area contributed by atoms with Crippen molar-refractivity contribution < 1.29 is 14.3 Å². The van der Waals surface area contributed by atoms with Crippen LogP contribution in [0.1, 0.15) is 58.9 Å². The molecule has 2 aromatic carbocycles. The highest BCUT2D eigenvalue weighted by Gasteiger charge is 2.12. The van der Waals surface area contributed by atoms with Gasteiger partial charge in [-0.25, -0.2) is 0 Å². The Balaban J connectivity index is 1.87. The molecule has 0 aliphatic heterocycles. The number of hydrogen-bond acceptors (Lipinski definition) is 3. The molecule has 0 saturated carbocycles. The summed E-state index contributed by atoms with van der Waals surface area (Å²) in [6.45, 7) is 3.37. The lowest BCUT2D eigenvalue weighted by Gasteiger charge is -2.18. The molecular formula is C23H30N2O3. The van der Waals surface area contributed by atoms with Gasteiger partial charge in [0.05, 0.1) is 6.61 Å². The van der Waals surface area contributed by atoms with Crippen LogP contribution in [-0.2, 0) is 6.54 Å². The molecule has 0 radical (unpaired) electrons. The summed E-state index contributed by atoms with van der Waals surface area (Å²) in [6, 6.07) is 14.5. The fourth-order valence-corrected chi connectivity index (χ4v) is 2.88. The smallest absolute Gasteiger partial charge is 0.253 e. The van der Waals surface area contributed by atoms with Gasteiger partial charge in [0.25, 0.3) is 11.8 Å². The van der Waals surface area contributed by atoms with E-state index in [2.05, 4.69) is 12.2 Å². The van der Waals surface area contributed by atoms with E-state index in [4.69, 9.17) is 4.74 Å². The topological polar surface area (TPSA) is 58.6 Å². The first kappa shape index (κ1) is 21.5. The van der Waals surface area contributed by atoms with Gasteiger partial charge >= 0.3 is 0 Å². The van der Waals surface area contributed by atoms with E-state index in [1.54, 1.807) is 43.3 Å². The maximum atomic E-state index is 12.6. The van der Waals surface area contributed by atoms with Gasteiger partial charge in [-0.2, -0.15) is 0 Å². The number of hydrogen-bond donors (Lipinski definition) is 1. The average molecular weight is 383 g/mol. The summed E-state index contributed by atoms with van der Waals surface area (Å²) in [4.78, 5) is 25.9. The van der Waals surface area contributed by atoms with E-state index in [9.17, 15) is 9.59 Å². The van der Waals surface area contributed by atoms with Gasteiger partial charge in [-0.15, -0.1) is 0 Å². The molecule has 28 heavy (non-hydrogen) atoms. The molecule has 1 N–H and O–H groups in total. The molecule has 0 unspecified atom stereocenters. The van der Waals surface area contributed by atoms with Crippen molar-refractivity contribution in [1.29, 1.82) is 0 Å². The number of ether oxygens (including phenoxy) is 1. The second-order valence-electron chi connectivity index (χ2n) is 6.87. The molecule has 0 aliphatic rings. The van der Waals surface area contributed by atoms with E-state index >= 15 is 0 Å². The van der Waals surface area contributed by atoms with Crippen molar-refractivity contribution in [3.8, 4) is 5.75 Å². The Labute approximate surface area is 167 Å². The molecule has 2 aromatic rings. The molecule has 2 rings (SSSR count). The first-order valence-corrected chi connectivity index (χ1v) is 9.84. The van der Waals surface area contributed by atoms with E-state index in [0.717, 1.165) is 17.7 Å². The first-order valence-electron chi connectivity index (χ1n) is 9.84. The minimum Gasteiger partial charge on any atom is -0.494 e. The minimum atomic E-state index is -0.122. The molecule has 150 valence electrons. The summed E-state index contributed by atoms with van der Waals surface area (Å²) in [5.74, 6) is 0.619. The van der Waals surface area contributed by atoms with Crippen LogP contribution in [0.25, 0.3) is 0 Å². The SMILES string of the molecule is CCCCCCOc1ccc(C(=O)N(C)Cc2ccc(C(=O)NC)cc2)cc1. The number of nitrogens with one attached hydrogen (secondary N) is 1. The normalized spacial score (nSPS) is 10.4. The fourth-order valence-electron chi connectivity index (χ4n) is 2.88. The Morgan fingerprint density at radius 3 is 2.18 bits per heavy atom. The highest BCUT2D eigenvalue weighted by Crippen LogP contribution is 2.15. The van der Waals surface area contributed by atoms with Crippen molar-refractivity contribution in [2.75, 3.05) is 20.7 Å². The molecule has 0 saturated heterocycles. The third-order valence-electron chi connectivity index (χ3n) is 4.58. The number of rotatable bonds is 10. The molecular weight excluding hydrogens is 352 g/mol. The number of nitrogens with zero attached hydrogens (tertiary/aromatic N) is 1. The van der Waals surface area contributed by atoms with Crippen molar-refractivity contribution in [2.24, 2.45) is 0 Å². The standard InChI is InChI=1S/C23H30N2O3/c1-4-5-6-7-16-28-21-14-12-20(13-15-21)23(27)25(3)17-18-8-10-19(11-9-18)22(26)24-2/h8-15H,4-7,16-17H2,1-3H3,(H,24,26). The fraction of sp³-hybridized carbons (Fsp3) is 0.391. The minimum absolute atomic E-state index is 0.0510. The third-order valence-corrected chi connectivity index (χ3v) is 4.58. The van der Waals surface area contributed by atoms with Crippen molar-refractivity contribution in [3.05, 3.63) is 65.2 Å². The molecule has 2 amide bonds. The van der Waals surface area contributed by atoms with E-state index in [1.807, 2.05) is 24.3 Å². The van der Waals surface area contributed by atoms with Crippen LogP contribution in [0.2, 0.25) is 0 Å². The summed E-state index contributed by atoms with van der Waals surface area (Å²) in [5.41, 5.74) is 2.20. The van der Waals surface area contributed by atoms with E-state index in [1.165, 1.54) is 19.3 Å². The zero-order valence-corrected chi connectivity index (χ0v) is 17.0. The van der Waals surface area contributed by atoms with Crippen LogP contribution in [0.5, 0.6) is 5.75 Å². The Bertz CT molecular complexity index is 754. The Morgan fingerprint density at radius 1 is 0.929 bits per heavy atom. The van der Waals surface area contributed by atoms with Crippen LogP contribution >= 0.6 is 0 Å². The molecule has 0 aliphatic carbocycles. The van der Waals surface area contributed by atoms with Gasteiger partial charge in [0, 0.05) is 31.8 Å². The molecule has 0 atom stereocenters. The summed E-state index contributed by atoms with van der Waals surface area (Å²) in [5, 5.41) is 2.59. The predicted molar refractivity (Wildman–Crippen MR) is 112 cm³/mol. The monoisotopic (exact) mass is 382 g/mol. The lowest BCUT2D eigenvalue weighted by atomic mass is 10.1. The molecule has 5 heteroatoms. The van der Waals surface area contributed by atoms with Gasteiger partial charge < -0.3 is 15.0 Å². The lowest BCUT2D eigenvalue weighted by molar-refractivity contribution is 0.0784. The number of amides is 2. The van der Waals surface area contributed by atoms with Crippen LogP contribution in [-0.4, -0.2) is 37.4 Å². The maximum Gasteiger partial charge on any atom is 0.253 e. The van der Waals surface area contributed by atoms with Crippen molar-refractivity contribution in [2.45, 2.75) is 39.2 Å². The molecule has 5 nitrogen and oxygen atoms in total. The number of carbonyl (C=O) groups is 2. The summed E-state index contributed by atoms with van der Waals surface area (Å²) >= 11 is 0. The first-order chi connectivity index (χ1) is 13.5. The molecule has 0 heterocycles. The number of unbranched alkanes of at least 4 members (excludes halogenated alkanes) is 3.